The lowest BCUT2D eigenvalue weighted by Gasteiger charge is -2.69. The number of aliphatic carboxylic acids is 1. The van der Waals surface area contributed by atoms with Crippen LogP contribution in [0.3, 0.4) is 0 Å². The fourth-order valence-electron chi connectivity index (χ4n) is 13.3. The number of fused-ring (bicyclic) bond motifs is 7. The number of ketones is 1. The van der Waals surface area contributed by atoms with Crippen LogP contribution in [0, 0.1) is 56.7 Å². The van der Waals surface area contributed by atoms with Crippen molar-refractivity contribution in [2.45, 2.75) is 138 Å². The summed E-state index contributed by atoms with van der Waals surface area (Å²) in [5, 5.41) is 22.8. The normalized spacial score (nSPS) is 34.9. The highest BCUT2D eigenvalue weighted by molar-refractivity contribution is 6.30. The number of Topliss-reactive ketones (excluding diaryl/α,β-unsaturated/α-hetero) is 1. The summed E-state index contributed by atoms with van der Waals surface area (Å²) in [4.78, 5) is 41.3. The number of hydrogen-bond donors (Lipinski definition) is 2. The molecule has 2 N–H and O–H groups in total. The van der Waals surface area contributed by atoms with Crippen LogP contribution in [0.5, 0.6) is 0 Å². The zero-order valence-electron chi connectivity index (χ0n) is 35.0. The number of benzene rings is 1. The van der Waals surface area contributed by atoms with Gasteiger partial charge in [-0.3, -0.25) is 19.3 Å². The molecule has 55 heavy (non-hydrogen) atoms. The van der Waals surface area contributed by atoms with Crippen molar-refractivity contribution in [2.24, 2.45) is 56.7 Å². The van der Waals surface area contributed by atoms with Crippen LogP contribution in [0.4, 0.5) is 0 Å². The fourth-order valence-corrected chi connectivity index (χ4v) is 13.4. The summed E-state index contributed by atoms with van der Waals surface area (Å²) in [5.74, 6) is 0.514. The minimum absolute atomic E-state index is 0.0725. The van der Waals surface area contributed by atoms with Gasteiger partial charge in [-0.1, -0.05) is 70.8 Å². The molecule has 0 spiro atoms. The van der Waals surface area contributed by atoms with E-state index in [-0.39, 0.29) is 46.4 Å². The van der Waals surface area contributed by atoms with Crippen LogP contribution in [0.1, 0.15) is 125 Å². The molecule has 5 aliphatic carbocycles. The number of allylic oxidation sites excluding steroid dienone is 1. The lowest BCUT2D eigenvalue weighted by atomic mass is 9.36. The zero-order valence-corrected chi connectivity index (χ0v) is 35.8. The van der Waals surface area contributed by atoms with Crippen molar-refractivity contribution in [3.8, 4) is 0 Å². The molecule has 1 aromatic rings. The van der Waals surface area contributed by atoms with Crippen molar-refractivity contribution in [3.63, 3.8) is 0 Å². The maximum atomic E-state index is 14.2. The van der Waals surface area contributed by atoms with Gasteiger partial charge in [0.15, 0.2) is 5.78 Å². The van der Waals surface area contributed by atoms with Crippen molar-refractivity contribution in [1.82, 2.24) is 4.90 Å². The van der Waals surface area contributed by atoms with Crippen molar-refractivity contribution >= 4 is 29.3 Å². The molecule has 9 unspecified atom stereocenters. The van der Waals surface area contributed by atoms with Crippen LogP contribution in [0.2, 0.25) is 5.02 Å². The van der Waals surface area contributed by atoms with Crippen molar-refractivity contribution in [1.29, 1.82) is 0 Å². The highest BCUT2D eigenvalue weighted by atomic mass is 35.5. The number of methoxy groups -OCH3 is 1. The summed E-state index contributed by atoms with van der Waals surface area (Å²) in [7, 11) is 1.71. The molecule has 0 bridgehead atoms. The monoisotopic (exact) mass is 781 g/mol. The van der Waals surface area contributed by atoms with Crippen LogP contribution in [0.15, 0.2) is 35.4 Å². The Morgan fingerprint density at radius 3 is 2.27 bits per heavy atom. The summed E-state index contributed by atoms with van der Waals surface area (Å²) < 4.78 is 11.7. The number of halogens is 1. The highest BCUT2D eigenvalue weighted by Gasteiger charge is 2.67. The summed E-state index contributed by atoms with van der Waals surface area (Å²) in [6.07, 6.45) is 7.19. The topological polar surface area (TPSA) is 113 Å². The highest BCUT2D eigenvalue weighted by Crippen LogP contribution is 2.73. The zero-order chi connectivity index (χ0) is 40.3. The number of carboxylic acids is 1. The van der Waals surface area contributed by atoms with Crippen molar-refractivity contribution in [2.75, 3.05) is 26.8 Å². The van der Waals surface area contributed by atoms with Gasteiger partial charge < -0.3 is 19.7 Å². The van der Waals surface area contributed by atoms with Gasteiger partial charge in [-0.2, -0.15) is 0 Å². The minimum atomic E-state index is -1.17. The van der Waals surface area contributed by atoms with E-state index >= 15 is 0 Å². The maximum Gasteiger partial charge on any atom is 0.309 e. The second-order valence-corrected chi connectivity index (χ2v) is 20.7. The number of carboxylic acid groups (broad SMARTS) is 1. The number of carbonyl (C=O) groups excluding carboxylic acids is 2. The third-order valence-electron chi connectivity index (χ3n) is 16.0. The Hall–Kier alpha value is -2.26. The molecule has 0 radical (unpaired) electrons. The molecule has 0 amide bonds. The van der Waals surface area contributed by atoms with Gasteiger partial charge in [-0.05, 0) is 129 Å². The molecular formula is C46H68ClNO7. The predicted octanol–water partition coefficient (Wildman–Crippen LogP) is 9.15. The quantitative estimate of drug-likeness (QED) is 0.191. The molecule has 5 aliphatic rings. The Morgan fingerprint density at radius 2 is 1.64 bits per heavy atom. The van der Waals surface area contributed by atoms with Gasteiger partial charge in [0.05, 0.1) is 24.5 Å². The smallest absolute Gasteiger partial charge is 0.309 e. The second kappa shape index (κ2) is 15.5. The average molecular weight is 783 g/mol. The molecule has 0 aliphatic heterocycles. The number of nitrogens with zero attached hydrogens (tertiary/aromatic N) is 1. The SMILES string of the molecule is COCCN(Cc1ccc(Cl)cc1)CC(O)C12CCC3C(CCC4C3(C)CCC3C(C)(C)C(OC(=O)CC(C)(C)C(=O)O)CCC34C)C1=C(C(C)C)C(=O)C2. The van der Waals surface area contributed by atoms with Crippen LogP contribution < -0.4 is 0 Å². The second-order valence-electron chi connectivity index (χ2n) is 20.3. The van der Waals surface area contributed by atoms with Gasteiger partial charge in [0.2, 0.25) is 0 Å². The molecule has 4 saturated carbocycles. The van der Waals surface area contributed by atoms with E-state index in [1.165, 1.54) is 5.57 Å². The molecule has 0 aromatic heterocycles. The number of hydrogen-bond acceptors (Lipinski definition) is 7. The standard InChI is InChI=1S/C46H68ClNO7/c1-28(2)39-33(49)24-46(36(50)27-48(22-23-54-9)26-29-10-12-30(47)13-11-29)21-16-32-31(40(39)46)14-15-35-44(32,7)19-17-34-43(5,6)37(18-20-45(34,35)8)55-38(51)25-42(3,4)41(52)53/h10-13,28,31-32,34-37,50H,14-27H2,1-9H3,(H,52,53). The molecule has 306 valence electrons. The van der Waals surface area contributed by atoms with Crippen LogP contribution in [-0.2, 0) is 30.4 Å². The van der Waals surface area contributed by atoms with Gasteiger partial charge >= 0.3 is 11.9 Å². The summed E-state index contributed by atoms with van der Waals surface area (Å²) >= 11 is 6.20. The Bertz CT molecular complexity index is 1650. The number of ether oxygens (including phenoxy) is 2. The minimum Gasteiger partial charge on any atom is -0.481 e. The van der Waals surface area contributed by atoms with E-state index in [4.69, 9.17) is 21.1 Å². The van der Waals surface area contributed by atoms with E-state index in [2.05, 4.69) is 46.4 Å². The summed E-state index contributed by atoms with van der Waals surface area (Å²) in [5.41, 5.74) is 1.62. The summed E-state index contributed by atoms with van der Waals surface area (Å²) in [6.45, 7) is 19.5. The lowest BCUT2D eigenvalue weighted by Crippen LogP contribution is -2.63. The Balaban J connectivity index is 1.25. The maximum absolute atomic E-state index is 14.2. The molecule has 1 aromatic carbocycles. The molecule has 0 saturated heterocycles. The largest absolute Gasteiger partial charge is 0.481 e. The molecule has 0 heterocycles. The number of aliphatic hydroxyl groups excluding tert-OH is 1. The molecule has 4 fully saturated rings. The van der Waals surface area contributed by atoms with Gasteiger partial charge in [-0.15, -0.1) is 0 Å². The van der Waals surface area contributed by atoms with E-state index in [1.54, 1.807) is 21.0 Å². The van der Waals surface area contributed by atoms with Gasteiger partial charge in [0.1, 0.15) is 6.10 Å². The third-order valence-corrected chi connectivity index (χ3v) is 16.3. The van der Waals surface area contributed by atoms with Gasteiger partial charge in [0.25, 0.3) is 0 Å². The van der Waals surface area contributed by atoms with Crippen molar-refractivity contribution < 1.29 is 34.1 Å². The van der Waals surface area contributed by atoms with Crippen LogP contribution >= 0.6 is 11.6 Å². The van der Waals surface area contributed by atoms with E-state index < -0.39 is 28.9 Å². The Labute approximate surface area is 335 Å². The lowest BCUT2D eigenvalue weighted by molar-refractivity contribution is -0.214. The molecule has 6 rings (SSSR count). The van der Waals surface area contributed by atoms with E-state index in [0.29, 0.717) is 55.4 Å². The molecule has 9 atom stereocenters. The fraction of sp³-hybridized carbons (Fsp3) is 0.761. The number of carbonyl (C=O) groups is 3. The first-order valence-electron chi connectivity index (χ1n) is 21.1. The Morgan fingerprint density at radius 1 is 0.964 bits per heavy atom. The number of rotatable bonds is 13. The number of aliphatic hydroxyl groups is 1. The first-order valence-corrected chi connectivity index (χ1v) is 21.4. The van der Waals surface area contributed by atoms with Crippen LogP contribution in [-0.4, -0.2) is 71.8 Å². The molecular weight excluding hydrogens is 714 g/mol. The first kappa shape index (κ1) is 42.3. The third kappa shape index (κ3) is 7.49. The van der Waals surface area contributed by atoms with E-state index in [1.807, 2.05) is 24.3 Å². The van der Waals surface area contributed by atoms with E-state index in [0.717, 1.165) is 62.5 Å². The van der Waals surface area contributed by atoms with Gasteiger partial charge in [-0.25, -0.2) is 0 Å². The van der Waals surface area contributed by atoms with Gasteiger partial charge in [0, 0.05) is 49.0 Å². The molecule has 9 heteroatoms. The number of esters is 1. The van der Waals surface area contributed by atoms with Crippen LogP contribution in [0.25, 0.3) is 0 Å². The summed E-state index contributed by atoms with van der Waals surface area (Å²) in [6, 6.07) is 7.89. The average Bonchev–Trinajstić information content (AvgIpc) is 3.42. The Kier molecular flexibility index (Phi) is 11.9. The van der Waals surface area contributed by atoms with Crippen molar-refractivity contribution in [3.05, 3.63) is 46.0 Å². The van der Waals surface area contributed by atoms with E-state index in [9.17, 15) is 24.6 Å². The molecule has 8 nitrogen and oxygen atoms in total. The predicted molar refractivity (Wildman–Crippen MR) is 215 cm³/mol. The first-order chi connectivity index (χ1) is 25.7.